The molecule has 1 aliphatic rings. The third kappa shape index (κ3) is 4.12. The number of alkyl halides is 2. The molecule has 0 saturated heterocycles. The lowest BCUT2D eigenvalue weighted by Crippen LogP contribution is -2.24. The molecule has 22 heavy (non-hydrogen) atoms. The van der Waals surface area contributed by atoms with Crippen LogP contribution >= 0.6 is 0 Å². The molecule has 0 unspecified atom stereocenters. The fourth-order valence-corrected chi connectivity index (χ4v) is 2.86. The maximum atomic E-state index is 12.7. The van der Waals surface area contributed by atoms with Crippen LogP contribution in [0.4, 0.5) is 14.5 Å². The van der Waals surface area contributed by atoms with Crippen molar-refractivity contribution in [1.82, 2.24) is 5.01 Å². The summed E-state index contributed by atoms with van der Waals surface area (Å²) in [5.41, 5.74) is 5.75. The fourth-order valence-electron chi connectivity index (χ4n) is 2.86. The van der Waals surface area contributed by atoms with E-state index in [2.05, 4.69) is 19.3 Å². The van der Waals surface area contributed by atoms with E-state index in [1.807, 2.05) is 24.3 Å². The lowest BCUT2D eigenvalue weighted by atomic mass is 9.90. The number of anilines is 1. The van der Waals surface area contributed by atoms with Gasteiger partial charge in [-0.05, 0) is 30.0 Å². The molecule has 1 aromatic rings. The highest BCUT2D eigenvalue weighted by atomic mass is 19.3. The molecule has 0 spiro atoms. The Morgan fingerprint density at radius 2 is 2.09 bits per heavy atom. The molecular formula is C17H24F2N2O. The topological polar surface area (TPSA) is 24.5 Å². The van der Waals surface area contributed by atoms with Crippen LogP contribution in [0.5, 0.6) is 5.75 Å². The maximum Gasteiger partial charge on any atom is 0.387 e. The highest BCUT2D eigenvalue weighted by Gasteiger charge is 2.22. The van der Waals surface area contributed by atoms with Crippen molar-refractivity contribution in [2.75, 3.05) is 12.5 Å². The summed E-state index contributed by atoms with van der Waals surface area (Å²) in [7, 11) is 1.90. The Morgan fingerprint density at radius 1 is 1.32 bits per heavy atom. The zero-order valence-corrected chi connectivity index (χ0v) is 13.4. The van der Waals surface area contributed by atoms with Crippen molar-refractivity contribution >= 4 is 11.3 Å². The van der Waals surface area contributed by atoms with Gasteiger partial charge in [0.05, 0.1) is 5.69 Å². The number of halogens is 2. The van der Waals surface area contributed by atoms with Crippen LogP contribution in [0.2, 0.25) is 0 Å². The Bertz CT molecular complexity index is 531. The van der Waals surface area contributed by atoms with Gasteiger partial charge in [-0.3, -0.25) is 10.4 Å². The molecule has 1 heterocycles. The van der Waals surface area contributed by atoms with Gasteiger partial charge in [-0.25, -0.2) is 0 Å². The Kier molecular flexibility index (Phi) is 5.63. The van der Waals surface area contributed by atoms with Crippen LogP contribution in [0.15, 0.2) is 24.4 Å². The zero-order chi connectivity index (χ0) is 16.1. The van der Waals surface area contributed by atoms with Crippen molar-refractivity contribution < 1.29 is 13.5 Å². The minimum absolute atomic E-state index is 0.238. The van der Waals surface area contributed by atoms with Crippen molar-refractivity contribution in [1.29, 1.82) is 0 Å². The Balaban J connectivity index is 2.27. The quantitative estimate of drug-likeness (QED) is 0.756. The second kappa shape index (κ2) is 7.47. The second-order valence-electron chi connectivity index (χ2n) is 5.89. The molecule has 0 aromatic heterocycles. The van der Waals surface area contributed by atoms with E-state index in [0.717, 1.165) is 29.7 Å². The molecule has 1 N–H and O–H groups in total. The lowest BCUT2D eigenvalue weighted by molar-refractivity contribution is -0.0500. The minimum atomic E-state index is -2.81. The first-order chi connectivity index (χ1) is 10.5. The van der Waals surface area contributed by atoms with Gasteiger partial charge in [0.1, 0.15) is 5.75 Å². The summed E-state index contributed by atoms with van der Waals surface area (Å²) < 4.78 is 30.0. The predicted octanol–water partition coefficient (Wildman–Crippen LogP) is 5.12. The van der Waals surface area contributed by atoms with Gasteiger partial charge in [-0.15, -0.1) is 0 Å². The Morgan fingerprint density at radius 3 is 2.77 bits per heavy atom. The monoisotopic (exact) mass is 310 g/mol. The SMILES string of the molecule is CCCC[C@@H](C)CC1=CN(C)Nc2cccc(OC(F)F)c21. The number of ether oxygens (including phenoxy) is 1. The van der Waals surface area contributed by atoms with Gasteiger partial charge in [-0.2, -0.15) is 8.78 Å². The molecule has 1 atom stereocenters. The van der Waals surface area contributed by atoms with Crippen LogP contribution in [0, 0.1) is 5.92 Å². The Labute approximate surface area is 130 Å². The first-order valence-electron chi connectivity index (χ1n) is 7.79. The standard InChI is InChI=1S/C17H24F2N2O/c1-4-5-7-12(2)10-13-11-21(3)20-14-8-6-9-15(16(13)14)22-17(18)19/h6,8-9,11-12,17,20H,4-5,7,10H2,1-3H3/t12-/m1/s1. The molecule has 1 aliphatic heterocycles. The van der Waals surface area contributed by atoms with Crippen LogP contribution in [-0.2, 0) is 0 Å². The number of allylic oxidation sites excluding steroid dienone is 1. The van der Waals surface area contributed by atoms with E-state index in [9.17, 15) is 8.78 Å². The third-order valence-corrected chi connectivity index (χ3v) is 3.83. The van der Waals surface area contributed by atoms with E-state index in [4.69, 9.17) is 4.74 Å². The first kappa shape index (κ1) is 16.6. The Hall–Kier alpha value is -1.78. The molecule has 122 valence electrons. The maximum absolute atomic E-state index is 12.7. The normalized spacial score (nSPS) is 15.2. The van der Waals surface area contributed by atoms with Crippen LogP contribution in [0.1, 0.15) is 45.1 Å². The number of fused-ring (bicyclic) bond motifs is 1. The van der Waals surface area contributed by atoms with E-state index < -0.39 is 6.61 Å². The van der Waals surface area contributed by atoms with Crippen LogP contribution in [-0.4, -0.2) is 18.7 Å². The second-order valence-corrected chi connectivity index (χ2v) is 5.89. The van der Waals surface area contributed by atoms with Gasteiger partial charge in [0.2, 0.25) is 0 Å². The summed E-state index contributed by atoms with van der Waals surface area (Å²) in [4.78, 5) is 0. The van der Waals surface area contributed by atoms with Gasteiger partial charge in [0, 0.05) is 18.8 Å². The van der Waals surface area contributed by atoms with Gasteiger partial charge in [0.25, 0.3) is 0 Å². The number of hydrazine groups is 1. The van der Waals surface area contributed by atoms with E-state index >= 15 is 0 Å². The lowest BCUT2D eigenvalue weighted by Gasteiger charge is -2.29. The highest BCUT2D eigenvalue weighted by molar-refractivity contribution is 5.82. The van der Waals surface area contributed by atoms with E-state index in [0.29, 0.717) is 5.92 Å². The van der Waals surface area contributed by atoms with Crippen molar-refractivity contribution in [2.45, 2.75) is 46.1 Å². The van der Waals surface area contributed by atoms with Crippen LogP contribution in [0.25, 0.3) is 5.57 Å². The number of hydrogen-bond acceptors (Lipinski definition) is 3. The van der Waals surface area contributed by atoms with E-state index in [-0.39, 0.29) is 5.75 Å². The van der Waals surface area contributed by atoms with Gasteiger partial charge >= 0.3 is 6.61 Å². The molecule has 0 bridgehead atoms. The smallest absolute Gasteiger partial charge is 0.387 e. The zero-order valence-electron chi connectivity index (χ0n) is 13.4. The summed E-state index contributed by atoms with van der Waals surface area (Å²) in [6.07, 6.45) is 6.30. The number of rotatable bonds is 7. The molecule has 2 rings (SSSR count). The highest BCUT2D eigenvalue weighted by Crippen LogP contribution is 2.40. The molecule has 0 fully saturated rings. The summed E-state index contributed by atoms with van der Waals surface area (Å²) in [6, 6.07) is 5.21. The number of nitrogens with zero attached hydrogens (tertiary/aromatic N) is 1. The largest absolute Gasteiger partial charge is 0.434 e. The van der Waals surface area contributed by atoms with Crippen molar-refractivity contribution in [2.24, 2.45) is 5.92 Å². The van der Waals surface area contributed by atoms with Crippen molar-refractivity contribution in [3.8, 4) is 5.75 Å². The van der Waals surface area contributed by atoms with E-state index in [1.165, 1.54) is 12.8 Å². The fraction of sp³-hybridized carbons (Fsp3) is 0.529. The minimum Gasteiger partial charge on any atom is -0.434 e. The molecule has 0 saturated carbocycles. The van der Waals surface area contributed by atoms with E-state index in [1.54, 1.807) is 12.1 Å². The number of unbranched alkanes of at least 4 members (excludes halogenated alkanes) is 1. The van der Waals surface area contributed by atoms with Crippen molar-refractivity contribution in [3.63, 3.8) is 0 Å². The summed E-state index contributed by atoms with van der Waals surface area (Å²) >= 11 is 0. The van der Waals surface area contributed by atoms with Crippen LogP contribution in [0.3, 0.4) is 0 Å². The average molecular weight is 310 g/mol. The number of hydrogen-bond donors (Lipinski definition) is 1. The number of benzene rings is 1. The van der Waals surface area contributed by atoms with Crippen molar-refractivity contribution in [3.05, 3.63) is 30.0 Å². The molecule has 5 heteroatoms. The van der Waals surface area contributed by atoms with Gasteiger partial charge < -0.3 is 4.74 Å². The molecule has 1 aromatic carbocycles. The molecular weight excluding hydrogens is 286 g/mol. The van der Waals surface area contributed by atoms with Gasteiger partial charge in [0.15, 0.2) is 0 Å². The van der Waals surface area contributed by atoms with Crippen LogP contribution < -0.4 is 10.2 Å². The third-order valence-electron chi connectivity index (χ3n) is 3.83. The summed E-state index contributed by atoms with van der Waals surface area (Å²) in [5, 5.41) is 1.86. The molecule has 3 nitrogen and oxygen atoms in total. The first-order valence-corrected chi connectivity index (χ1v) is 7.79. The predicted molar refractivity (Wildman–Crippen MR) is 85.7 cm³/mol. The number of nitrogens with one attached hydrogen (secondary N) is 1. The summed E-state index contributed by atoms with van der Waals surface area (Å²) in [6.45, 7) is 1.56. The molecule has 0 aliphatic carbocycles. The summed E-state index contributed by atoms with van der Waals surface area (Å²) in [5.74, 6) is 0.743. The average Bonchev–Trinajstić information content (AvgIpc) is 2.44. The van der Waals surface area contributed by atoms with Gasteiger partial charge in [-0.1, -0.05) is 39.2 Å². The molecule has 0 amide bonds. The molecule has 0 radical (unpaired) electrons.